The van der Waals surface area contributed by atoms with Crippen molar-refractivity contribution in [3.63, 3.8) is 0 Å². The zero-order valence-corrected chi connectivity index (χ0v) is 11.1. The Kier molecular flexibility index (Phi) is 2.99. The van der Waals surface area contributed by atoms with E-state index in [4.69, 9.17) is 0 Å². The first-order chi connectivity index (χ1) is 9.74. The van der Waals surface area contributed by atoms with Gasteiger partial charge < -0.3 is 5.11 Å². The molecule has 0 atom stereocenters. The minimum atomic E-state index is -0.241. The second kappa shape index (κ2) is 4.81. The second-order valence-electron chi connectivity index (χ2n) is 4.54. The van der Waals surface area contributed by atoms with Crippen molar-refractivity contribution in [2.24, 2.45) is 0 Å². The van der Waals surface area contributed by atoms with Gasteiger partial charge in [0.1, 0.15) is 5.69 Å². The van der Waals surface area contributed by atoms with E-state index in [0.29, 0.717) is 17.6 Å². The molecule has 20 heavy (non-hydrogen) atoms. The van der Waals surface area contributed by atoms with Crippen LogP contribution in [0.2, 0.25) is 0 Å². The SMILES string of the molecule is CCc1c([O-])[n+]2ccccc2n(-c2ccccc2)c1=O. The van der Waals surface area contributed by atoms with Crippen molar-refractivity contribution >= 4 is 5.65 Å². The van der Waals surface area contributed by atoms with Gasteiger partial charge in [0.15, 0.2) is 0 Å². The number of nitrogens with zero attached hydrogens (tertiary/aromatic N) is 2. The molecule has 0 aliphatic carbocycles. The summed E-state index contributed by atoms with van der Waals surface area (Å²) in [4.78, 5) is 12.6. The largest absolute Gasteiger partial charge is 0.842 e. The molecule has 0 spiro atoms. The molecule has 0 aliphatic heterocycles. The lowest BCUT2D eigenvalue weighted by Crippen LogP contribution is -2.38. The van der Waals surface area contributed by atoms with Crippen LogP contribution < -0.4 is 15.1 Å². The first-order valence-corrected chi connectivity index (χ1v) is 6.54. The molecule has 0 fully saturated rings. The smallest absolute Gasteiger partial charge is 0.345 e. The number of hydrogen-bond acceptors (Lipinski definition) is 2. The van der Waals surface area contributed by atoms with Crippen LogP contribution in [0.25, 0.3) is 11.3 Å². The fraction of sp³-hybridized carbons (Fsp3) is 0.125. The van der Waals surface area contributed by atoms with Gasteiger partial charge in [-0.1, -0.05) is 31.2 Å². The predicted octanol–water partition coefficient (Wildman–Crippen LogP) is 1.21. The number of aromatic nitrogens is 2. The van der Waals surface area contributed by atoms with E-state index in [0.717, 1.165) is 5.69 Å². The molecule has 0 saturated heterocycles. The first kappa shape index (κ1) is 12.4. The number of benzene rings is 1. The Bertz CT molecular complexity index is 823. The van der Waals surface area contributed by atoms with Crippen LogP contribution in [0.3, 0.4) is 0 Å². The maximum atomic E-state index is 12.6. The van der Waals surface area contributed by atoms with Gasteiger partial charge in [0, 0.05) is 6.07 Å². The van der Waals surface area contributed by atoms with E-state index in [1.54, 1.807) is 22.9 Å². The van der Waals surface area contributed by atoms with Crippen LogP contribution in [0.1, 0.15) is 12.5 Å². The number of para-hydroxylation sites is 1. The van der Waals surface area contributed by atoms with E-state index >= 15 is 0 Å². The third kappa shape index (κ3) is 1.77. The number of rotatable bonds is 2. The fourth-order valence-corrected chi connectivity index (χ4v) is 2.39. The summed E-state index contributed by atoms with van der Waals surface area (Å²) < 4.78 is 3.10. The molecule has 0 radical (unpaired) electrons. The normalized spacial score (nSPS) is 10.8. The maximum Gasteiger partial charge on any atom is 0.345 e. The fourth-order valence-electron chi connectivity index (χ4n) is 2.39. The molecule has 3 aromatic rings. The summed E-state index contributed by atoms with van der Waals surface area (Å²) in [6.45, 7) is 1.82. The highest BCUT2D eigenvalue weighted by Crippen LogP contribution is 2.12. The summed E-state index contributed by atoms with van der Waals surface area (Å²) in [6, 6.07) is 14.7. The van der Waals surface area contributed by atoms with Crippen molar-refractivity contribution < 1.29 is 9.51 Å². The van der Waals surface area contributed by atoms with Crippen molar-refractivity contribution in [2.45, 2.75) is 13.3 Å². The van der Waals surface area contributed by atoms with Crippen molar-refractivity contribution in [2.75, 3.05) is 0 Å². The van der Waals surface area contributed by atoms with Gasteiger partial charge in [0.25, 0.3) is 5.65 Å². The van der Waals surface area contributed by atoms with E-state index in [-0.39, 0.29) is 11.4 Å². The van der Waals surface area contributed by atoms with Crippen LogP contribution in [-0.4, -0.2) is 4.57 Å². The number of pyridine rings is 1. The molecule has 2 heterocycles. The Morgan fingerprint density at radius 2 is 1.80 bits per heavy atom. The van der Waals surface area contributed by atoms with Gasteiger partial charge in [0.2, 0.25) is 0 Å². The number of hydrogen-bond donors (Lipinski definition) is 0. The minimum Gasteiger partial charge on any atom is -0.842 e. The lowest BCUT2D eigenvalue weighted by atomic mass is 10.2. The summed E-state index contributed by atoms with van der Waals surface area (Å²) in [5.41, 5.74) is 1.40. The Hall–Kier alpha value is -2.62. The van der Waals surface area contributed by atoms with Crippen molar-refractivity contribution in [1.29, 1.82) is 0 Å². The second-order valence-corrected chi connectivity index (χ2v) is 4.54. The van der Waals surface area contributed by atoms with Crippen LogP contribution in [-0.2, 0) is 6.42 Å². The molecular formula is C16H14N2O2. The zero-order valence-electron chi connectivity index (χ0n) is 11.1. The van der Waals surface area contributed by atoms with Crippen molar-refractivity contribution in [1.82, 2.24) is 4.57 Å². The van der Waals surface area contributed by atoms with E-state index < -0.39 is 0 Å². The number of fused-ring (bicyclic) bond motifs is 1. The highest BCUT2D eigenvalue weighted by molar-refractivity contribution is 5.45. The molecule has 3 rings (SSSR count). The highest BCUT2D eigenvalue weighted by atomic mass is 16.3. The minimum absolute atomic E-state index is 0.236. The molecule has 1 aromatic carbocycles. The molecule has 0 N–H and O–H groups in total. The maximum absolute atomic E-state index is 12.6. The van der Waals surface area contributed by atoms with Gasteiger partial charge in [0.05, 0.1) is 17.6 Å². The highest BCUT2D eigenvalue weighted by Gasteiger charge is 2.18. The lowest BCUT2D eigenvalue weighted by Gasteiger charge is -2.13. The molecule has 4 nitrogen and oxygen atoms in total. The van der Waals surface area contributed by atoms with Gasteiger partial charge in [-0.15, -0.1) is 0 Å². The van der Waals surface area contributed by atoms with Gasteiger partial charge in [-0.05, 0) is 24.6 Å². The van der Waals surface area contributed by atoms with E-state index in [1.807, 2.05) is 43.3 Å². The Morgan fingerprint density at radius 3 is 2.50 bits per heavy atom. The van der Waals surface area contributed by atoms with Crippen molar-refractivity contribution in [3.8, 4) is 11.6 Å². The molecule has 4 heteroatoms. The van der Waals surface area contributed by atoms with E-state index in [1.165, 1.54) is 4.40 Å². The van der Waals surface area contributed by atoms with Crippen LogP contribution in [0.4, 0.5) is 0 Å². The molecule has 0 amide bonds. The molecule has 2 aromatic heterocycles. The van der Waals surface area contributed by atoms with Crippen LogP contribution >= 0.6 is 0 Å². The monoisotopic (exact) mass is 266 g/mol. The third-order valence-corrected chi connectivity index (χ3v) is 3.37. The van der Waals surface area contributed by atoms with Gasteiger partial charge >= 0.3 is 5.56 Å². The standard InChI is InChI=1S/C16H14N2O2/c1-2-13-15(19)17-11-7-6-10-14(17)18(16(13)20)12-8-4-3-5-9-12/h3-11H,2H2,1H3. The Labute approximate surface area is 116 Å². The summed E-state index contributed by atoms with van der Waals surface area (Å²) in [7, 11) is 0. The molecule has 100 valence electrons. The molecule has 0 saturated carbocycles. The van der Waals surface area contributed by atoms with Crippen LogP contribution in [0, 0.1) is 0 Å². The Morgan fingerprint density at radius 1 is 1.10 bits per heavy atom. The summed E-state index contributed by atoms with van der Waals surface area (Å²) >= 11 is 0. The third-order valence-electron chi connectivity index (χ3n) is 3.37. The first-order valence-electron chi connectivity index (χ1n) is 6.54. The van der Waals surface area contributed by atoms with Crippen LogP contribution in [0.5, 0.6) is 5.88 Å². The average molecular weight is 266 g/mol. The zero-order chi connectivity index (χ0) is 14.1. The molecule has 0 bridgehead atoms. The van der Waals surface area contributed by atoms with Crippen LogP contribution in [0.15, 0.2) is 59.5 Å². The summed E-state index contributed by atoms with van der Waals surface area (Å²) in [5, 5.41) is 12.3. The predicted molar refractivity (Wildman–Crippen MR) is 74.0 cm³/mol. The molecular weight excluding hydrogens is 252 g/mol. The molecule has 0 unspecified atom stereocenters. The lowest BCUT2D eigenvalue weighted by molar-refractivity contribution is -0.588. The summed E-state index contributed by atoms with van der Waals surface area (Å²) in [5.74, 6) is -0.236. The van der Waals surface area contributed by atoms with E-state index in [2.05, 4.69) is 0 Å². The Balaban J connectivity index is 2.51. The quantitative estimate of drug-likeness (QED) is 0.655. The summed E-state index contributed by atoms with van der Waals surface area (Å²) in [6.07, 6.45) is 2.11. The van der Waals surface area contributed by atoms with Gasteiger partial charge in [-0.3, -0.25) is 0 Å². The van der Waals surface area contributed by atoms with E-state index in [9.17, 15) is 9.90 Å². The van der Waals surface area contributed by atoms with Gasteiger partial charge in [-0.2, -0.15) is 4.57 Å². The average Bonchev–Trinajstić information content (AvgIpc) is 2.49. The van der Waals surface area contributed by atoms with Crippen molar-refractivity contribution in [3.05, 3.63) is 70.6 Å². The topological polar surface area (TPSA) is 49.2 Å². The van der Waals surface area contributed by atoms with Gasteiger partial charge in [-0.25, -0.2) is 9.20 Å². The molecule has 0 aliphatic rings.